The molecule has 0 saturated carbocycles. The van der Waals surface area contributed by atoms with Crippen LogP contribution in [0.4, 0.5) is 0 Å². The molecule has 146 valence electrons. The summed E-state index contributed by atoms with van der Waals surface area (Å²) in [5.41, 5.74) is 4.64. The molecule has 0 aliphatic carbocycles. The van der Waals surface area contributed by atoms with E-state index in [-0.39, 0.29) is 6.61 Å². The number of aliphatic hydroxyl groups is 1. The van der Waals surface area contributed by atoms with Crippen molar-refractivity contribution < 1.29 is 9.84 Å². The van der Waals surface area contributed by atoms with Crippen molar-refractivity contribution in [3.8, 4) is 11.4 Å². The molecule has 1 saturated heterocycles. The molecular formula is C23H27N3O2. The summed E-state index contributed by atoms with van der Waals surface area (Å²) in [5.74, 6) is 1.52. The molecule has 1 N–H and O–H groups in total. The standard InChI is InChI=1S/C23H27N3O2/c1-28-22-6-7-23(26-10-3-9-24-26)21(14-22)16-25-11-8-19(15-25)12-18-4-2-5-20(13-18)17-27/h2-7,9-10,13-14,19,27H,8,11-12,15-17H2,1H3/t19-/m1/s1. The Balaban J connectivity index is 1.45. The molecule has 28 heavy (non-hydrogen) atoms. The number of ether oxygens (including phenoxy) is 1. The van der Waals surface area contributed by atoms with E-state index in [1.807, 2.05) is 35.1 Å². The first-order valence-corrected chi connectivity index (χ1v) is 9.83. The molecule has 1 aliphatic heterocycles. The Hall–Kier alpha value is -2.63. The van der Waals surface area contributed by atoms with Gasteiger partial charge in [-0.3, -0.25) is 4.90 Å². The molecular weight excluding hydrogens is 350 g/mol. The van der Waals surface area contributed by atoms with Crippen molar-refractivity contribution in [2.24, 2.45) is 5.92 Å². The van der Waals surface area contributed by atoms with Gasteiger partial charge in [-0.1, -0.05) is 24.3 Å². The lowest BCUT2D eigenvalue weighted by Gasteiger charge is -2.19. The van der Waals surface area contributed by atoms with Crippen molar-refractivity contribution in [3.63, 3.8) is 0 Å². The van der Waals surface area contributed by atoms with E-state index in [1.54, 1.807) is 13.3 Å². The fraction of sp³-hybridized carbons (Fsp3) is 0.348. The van der Waals surface area contributed by atoms with Gasteiger partial charge in [-0.25, -0.2) is 4.68 Å². The van der Waals surface area contributed by atoms with Crippen LogP contribution < -0.4 is 4.74 Å². The second kappa shape index (κ2) is 8.59. The summed E-state index contributed by atoms with van der Waals surface area (Å²) in [5, 5.41) is 13.8. The number of methoxy groups -OCH3 is 1. The molecule has 2 heterocycles. The normalized spacial score (nSPS) is 17.1. The predicted molar refractivity (Wildman–Crippen MR) is 110 cm³/mol. The Labute approximate surface area is 166 Å². The Morgan fingerprint density at radius 3 is 2.82 bits per heavy atom. The smallest absolute Gasteiger partial charge is 0.119 e. The minimum absolute atomic E-state index is 0.108. The lowest BCUT2D eigenvalue weighted by molar-refractivity contribution is 0.281. The third-order valence-corrected chi connectivity index (χ3v) is 5.50. The first-order valence-electron chi connectivity index (χ1n) is 9.83. The maximum atomic E-state index is 9.35. The highest BCUT2D eigenvalue weighted by molar-refractivity contribution is 5.45. The molecule has 5 heteroatoms. The summed E-state index contributed by atoms with van der Waals surface area (Å²) in [6.45, 7) is 3.18. The molecule has 1 aliphatic rings. The van der Waals surface area contributed by atoms with Gasteiger partial charge in [-0.15, -0.1) is 0 Å². The molecule has 4 rings (SSSR count). The first kappa shape index (κ1) is 18.7. The van der Waals surface area contributed by atoms with Crippen molar-refractivity contribution in [2.45, 2.75) is 26.0 Å². The summed E-state index contributed by atoms with van der Waals surface area (Å²) in [6, 6.07) is 16.4. The Bertz CT molecular complexity index is 908. The van der Waals surface area contributed by atoms with E-state index in [9.17, 15) is 5.11 Å². The van der Waals surface area contributed by atoms with Crippen LogP contribution in [0.25, 0.3) is 5.69 Å². The number of rotatable bonds is 7. The van der Waals surface area contributed by atoms with Gasteiger partial charge in [0.15, 0.2) is 0 Å². The fourth-order valence-corrected chi connectivity index (χ4v) is 4.10. The monoisotopic (exact) mass is 377 g/mol. The maximum absolute atomic E-state index is 9.35. The zero-order valence-electron chi connectivity index (χ0n) is 16.3. The van der Waals surface area contributed by atoms with Gasteiger partial charge in [0.25, 0.3) is 0 Å². The molecule has 0 amide bonds. The Morgan fingerprint density at radius 1 is 1.14 bits per heavy atom. The second-order valence-electron chi connectivity index (χ2n) is 7.52. The zero-order chi connectivity index (χ0) is 19.3. The van der Waals surface area contributed by atoms with Crippen molar-refractivity contribution in [1.29, 1.82) is 0 Å². The van der Waals surface area contributed by atoms with Crippen molar-refractivity contribution in [3.05, 3.63) is 77.6 Å². The molecule has 3 aromatic rings. The summed E-state index contributed by atoms with van der Waals surface area (Å²) in [4.78, 5) is 2.52. The number of aliphatic hydroxyl groups excluding tert-OH is 1. The van der Waals surface area contributed by atoms with Gasteiger partial charge in [0.05, 0.1) is 19.4 Å². The van der Waals surface area contributed by atoms with Gasteiger partial charge in [0.2, 0.25) is 0 Å². The van der Waals surface area contributed by atoms with Gasteiger partial charge in [-0.05, 0) is 66.3 Å². The molecule has 0 spiro atoms. The minimum Gasteiger partial charge on any atom is -0.497 e. The van der Waals surface area contributed by atoms with Crippen molar-refractivity contribution in [2.75, 3.05) is 20.2 Å². The van der Waals surface area contributed by atoms with Crippen LogP contribution in [0.1, 0.15) is 23.1 Å². The number of nitrogens with zero attached hydrogens (tertiary/aromatic N) is 3. The van der Waals surface area contributed by atoms with E-state index >= 15 is 0 Å². The molecule has 0 bridgehead atoms. The molecule has 0 radical (unpaired) electrons. The van der Waals surface area contributed by atoms with Gasteiger partial charge in [0.1, 0.15) is 5.75 Å². The maximum Gasteiger partial charge on any atom is 0.119 e. The average molecular weight is 377 g/mol. The average Bonchev–Trinajstić information content (AvgIpc) is 3.40. The first-order chi connectivity index (χ1) is 13.7. The summed E-state index contributed by atoms with van der Waals surface area (Å²) < 4.78 is 7.36. The van der Waals surface area contributed by atoms with Gasteiger partial charge < -0.3 is 9.84 Å². The van der Waals surface area contributed by atoms with E-state index in [4.69, 9.17) is 4.74 Å². The van der Waals surface area contributed by atoms with Gasteiger partial charge in [0, 0.05) is 25.5 Å². The van der Waals surface area contributed by atoms with Crippen LogP contribution in [0.3, 0.4) is 0 Å². The third kappa shape index (κ3) is 4.26. The van der Waals surface area contributed by atoms with Crippen molar-refractivity contribution >= 4 is 0 Å². The SMILES string of the molecule is COc1ccc(-n2cccn2)c(CN2CC[C@H](Cc3cccc(CO)c3)C2)c1. The van der Waals surface area contributed by atoms with Crippen LogP contribution in [0.2, 0.25) is 0 Å². The van der Waals surface area contributed by atoms with E-state index in [0.29, 0.717) is 5.92 Å². The summed E-state index contributed by atoms with van der Waals surface area (Å²) >= 11 is 0. The lowest BCUT2D eigenvalue weighted by Crippen LogP contribution is -2.21. The van der Waals surface area contributed by atoms with Crippen LogP contribution in [-0.4, -0.2) is 40.0 Å². The zero-order valence-corrected chi connectivity index (χ0v) is 16.3. The molecule has 2 aromatic carbocycles. The van der Waals surface area contributed by atoms with Crippen LogP contribution in [-0.2, 0) is 19.6 Å². The van der Waals surface area contributed by atoms with E-state index in [1.165, 1.54) is 17.5 Å². The highest BCUT2D eigenvalue weighted by Gasteiger charge is 2.24. The van der Waals surface area contributed by atoms with Gasteiger partial charge >= 0.3 is 0 Å². The number of aromatic nitrogens is 2. The van der Waals surface area contributed by atoms with Gasteiger partial charge in [-0.2, -0.15) is 5.10 Å². The van der Waals surface area contributed by atoms with Crippen molar-refractivity contribution in [1.82, 2.24) is 14.7 Å². The number of hydrogen-bond acceptors (Lipinski definition) is 4. The Morgan fingerprint density at radius 2 is 2.04 bits per heavy atom. The van der Waals surface area contributed by atoms with E-state index in [2.05, 4.69) is 34.3 Å². The third-order valence-electron chi connectivity index (χ3n) is 5.50. The number of hydrogen-bond donors (Lipinski definition) is 1. The molecule has 1 atom stereocenters. The quantitative estimate of drug-likeness (QED) is 0.685. The summed E-state index contributed by atoms with van der Waals surface area (Å²) in [7, 11) is 1.71. The molecule has 5 nitrogen and oxygen atoms in total. The highest BCUT2D eigenvalue weighted by Crippen LogP contribution is 2.27. The molecule has 1 fully saturated rings. The number of likely N-dealkylation sites (tertiary alicyclic amines) is 1. The van der Waals surface area contributed by atoms with Crippen LogP contribution >= 0.6 is 0 Å². The van der Waals surface area contributed by atoms with E-state index in [0.717, 1.165) is 43.1 Å². The molecule has 1 aromatic heterocycles. The topological polar surface area (TPSA) is 50.5 Å². The predicted octanol–water partition coefficient (Wildman–Crippen LogP) is 3.44. The molecule has 0 unspecified atom stereocenters. The minimum atomic E-state index is 0.108. The second-order valence-corrected chi connectivity index (χ2v) is 7.52. The lowest BCUT2D eigenvalue weighted by atomic mass is 9.97. The van der Waals surface area contributed by atoms with Crippen LogP contribution in [0.5, 0.6) is 5.75 Å². The fourth-order valence-electron chi connectivity index (χ4n) is 4.10. The van der Waals surface area contributed by atoms with Crippen LogP contribution in [0.15, 0.2) is 60.9 Å². The summed E-state index contributed by atoms with van der Waals surface area (Å²) in [6.07, 6.45) is 6.05. The number of benzene rings is 2. The largest absolute Gasteiger partial charge is 0.497 e. The highest BCUT2D eigenvalue weighted by atomic mass is 16.5. The Kier molecular flexibility index (Phi) is 5.74. The van der Waals surface area contributed by atoms with Crippen LogP contribution in [0, 0.1) is 5.92 Å². The van der Waals surface area contributed by atoms with E-state index < -0.39 is 0 Å².